The van der Waals surface area contributed by atoms with Crippen LogP contribution in [-0.4, -0.2) is 26.7 Å². The van der Waals surface area contributed by atoms with Crippen molar-refractivity contribution in [3.63, 3.8) is 0 Å². The van der Waals surface area contributed by atoms with Crippen LogP contribution in [0.5, 0.6) is 5.75 Å². The van der Waals surface area contributed by atoms with E-state index in [2.05, 4.69) is 5.32 Å². The normalized spacial score (nSPS) is 11.9. The first-order chi connectivity index (χ1) is 10.7. The fraction of sp³-hybridized carbons (Fsp3) is 0.353. The molecule has 2 rings (SSSR count). The summed E-state index contributed by atoms with van der Waals surface area (Å²) in [6, 6.07) is 9.79. The van der Waals surface area contributed by atoms with Crippen LogP contribution in [0.3, 0.4) is 0 Å². The topological polar surface area (TPSA) is 47.6 Å². The van der Waals surface area contributed by atoms with E-state index in [-0.39, 0.29) is 12.0 Å². The van der Waals surface area contributed by atoms with Gasteiger partial charge in [-0.1, -0.05) is 12.1 Å². The average molecular weight is 319 g/mol. The highest BCUT2D eigenvalue weighted by molar-refractivity contribution is 7.07. The molecule has 1 N–H and O–H groups in total. The van der Waals surface area contributed by atoms with Crippen molar-refractivity contribution in [2.45, 2.75) is 18.9 Å². The highest BCUT2D eigenvalue weighted by Gasteiger charge is 2.12. The highest BCUT2D eigenvalue weighted by Crippen LogP contribution is 2.18. The molecule has 1 aromatic heterocycles. The maximum absolute atomic E-state index is 11.9. The molecule has 2 aromatic rings. The molecule has 22 heavy (non-hydrogen) atoms. The number of nitrogens with one attached hydrogen (secondary N) is 1. The summed E-state index contributed by atoms with van der Waals surface area (Å²) in [4.78, 5) is 11.9. The molecule has 5 heteroatoms. The van der Waals surface area contributed by atoms with Gasteiger partial charge in [0.25, 0.3) is 0 Å². The molecule has 0 radical (unpaired) electrons. The maximum Gasteiger partial charge on any atom is 0.220 e. The molecular formula is C17H21NO3S. The van der Waals surface area contributed by atoms with Crippen molar-refractivity contribution in [1.82, 2.24) is 5.32 Å². The second-order valence-electron chi connectivity index (χ2n) is 4.93. The van der Waals surface area contributed by atoms with Crippen molar-refractivity contribution >= 4 is 17.2 Å². The number of amides is 1. The molecule has 0 spiro atoms. The minimum absolute atomic E-state index is 0.0353. The highest BCUT2D eigenvalue weighted by atomic mass is 32.1. The van der Waals surface area contributed by atoms with Crippen LogP contribution in [0.4, 0.5) is 0 Å². The molecule has 0 aliphatic rings. The Morgan fingerprint density at radius 2 is 2.00 bits per heavy atom. The van der Waals surface area contributed by atoms with Gasteiger partial charge in [-0.05, 0) is 46.5 Å². The number of carbonyl (C=O) groups is 1. The molecule has 0 aliphatic carbocycles. The largest absolute Gasteiger partial charge is 0.497 e. The van der Waals surface area contributed by atoms with E-state index in [4.69, 9.17) is 9.47 Å². The molecule has 0 fully saturated rings. The first kappa shape index (κ1) is 16.5. The third-order valence-electron chi connectivity index (χ3n) is 3.48. The van der Waals surface area contributed by atoms with Gasteiger partial charge in [0.2, 0.25) is 5.91 Å². The van der Waals surface area contributed by atoms with E-state index in [9.17, 15) is 4.79 Å². The summed E-state index contributed by atoms with van der Waals surface area (Å²) < 4.78 is 10.5. The summed E-state index contributed by atoms with van der Waals surface area (Å²) in [5.41, 5.74) is 2.22. The van der Waals surface area contributed by atoms with Gasteiger partial charge in [0.15, 0.2) is 0 Å². The van der Waals surface area contributed by atoms with E-state index >= 15 is 0 Å². The Balaban J connectivity index is 1.75. The summed E-state index contributed by atoms with van der Waals surface area (Å²) in [5.74, 6) is 0.861. The number of rotatable bonds is 8. The van der Waals surface area contributed by atoms with Crippen molar-refractivity contribution in [1.29, 1.82) is 0 Å². The lowest BCUT2D eigenvalue weighted by Crippen LogP contribution is -2.29. The van der Waals surface area contributed by atoms with E-state index in [1.54, 1.807) is 25.6 Å². The zero-order valence-electron chi connectivity index (χ0n) is 12.9. The Kier molecular flexibility index (Phi) is 6.43. The van der Waals surface area contributed by atoms with E-state index in [0.29, 0.717) is 19.4 Å². The van der Waals surface area contributed by atoms with Crippen molar-refractivity contribution in [2.75, 3.05) is 20.8 Å². The lowest BCUT2D eigenvalue weighted by molar-refractivity contribution is -0.121. The van der Waals surface area contributed by atoms with Crippen LogP contribution >= 0.6 is 11.3 Å². The second-order valence-corrected chi connectivity index (χ2v) is 5.71. The Hall–Kier alpha value is -1.85. The van der Waals surface area contributed by atoms with Gasteiger partial charge in [-0.2, -0.15) is 11.3 Å². The number of benzene rings is 1. The Morgan fingerprint density at radius 1 is 1.23 bits per heavy atom. The molecule has 118 valence electrons. The summed E-state index contributed by atoms with van der Waals surface area (Å²) in [5, 5.41) is 6.98. The van der Waals surface area contributed by atoms with E-state index < -0.39 is 0 Å². The molecule has 0 bridgehead atoms. The molecule has 1 amide bonds. The Bertz CT molecular complexity index is 566. The van der Waals surface area contributed by atoms with Gasteiger partial charge in [-0.25, -0.2) is 0 Å². The third kappa shape index (κ3) is 4.86. The zero-order valence-corrected chi connectivity index (χ0v) is 13.7. The first-order valence-corrected chi connectivity index (χ1v) is 8.11. The number of aryl methyl sites for hydroxylation is 1. The summed E-state index contributed by atoms with van der Waals surface area (Å²) in [6.45, 7) is 0.495. The Morgan fingerprint density at radius 3 is 2.59 bits per heavy atom. The van der Waals surface area contributed by atoms with E-state index in [1.807, 2.05) is 41.1 Å². The fourth-order valence-corrected chi connectivity index (χ4v) is 2.84. The minimum atomic E-state index is -0.0869. The smallest absolute Gasteiger partial charge is 0.220 e. The van der Waals surface area contributed by atoms with Gasteiger partial charge >= 0.3 is 0 Å². The molecule has 1 aromatic carbocycles. The standard InChI is InChI=1S/C17H21NO3S/c1-20-15-6-3-13(4-7-15)5-8-17(19)18-11-16(21-2)14-9-10-22-12-14/h3-4,6-7,9-10,12,16H,5,8,11H2,1-2H3,(H,18,19)/t16-/m0/s1. The van der Waals surface area contributed by atoms with Gasteiger partial charge in [0.05, 0.1) is 7.11 Å². The molecule has 1 atom stereocenters. The van der Waals surface area contributed by atoms with E-state index in [1.165, 1.54) is 0 Å². The van der Waals surface area contributed by atoms with Crippen molar-refractivity contribution in [3.8, 4) is 5.75 Å². The molecule has 0 saturated heterocycles. The van der Waals surface area contributed by atoms with Gasteiger partial charge in [-0.3, -0.25) is 4.79 Å². The molecule has 0 unspecified atom stereocenters. The quantitative estimate of drug-likeness (QED) is 0.813. The number of hydrogen-bond acceptors (Lipinski definition) is 4. The predicted octanol–water partition coefficient (Wildman–Crippen LogP) is 3.19. The minimum Gasteiger partial charge on any atom is -0.497 e. The van der Waals surface area contributed by atoms with Gasteiger partial charge in [0.1, 0.15) is 11.9 Å². The number of thiophene rings is 1. The van der Waals surface area contributed by atoms with Gasteiger partial charge < -0.3 is 14.8 Å². The number of hydrogen-bond donors (Lipinski definition) is 1. The van der Waals surface area contributed by atoms with Crippen molar-refractivity contribution in [2.24, 2.45) is 0 Å². The van der Waals surface area contributed by atoms with Crippen LogP contribution in [0.1, 0.15) is 23.7 Å². The summed E-state index contributed by atoms with van der Waals surface area (Å²) in [7, 11) is 3.30. The van der Waals surface area contributed by atoms with Gasteiger partial charge in [-0.15, -0.1) is 0 Å². The van der Waals surface area contributed by atoms with Crippen LogP contribution in [0, 0.1) is 0 Å². The van der Waals surface area contributed by atoms with Crippen LogP contribution in [-0.2, 0) is 16.0 Å². The maximum atomic E-state index is 11.9. The predicted molar refractivity (Wildman–Crippen MR) is 88.4 cm³/mol. The van der Waals surface area contributed by atoms with E-state index in [0.717, 1.165) is 16.9 Å². The molecule has 0 aliphatic heterocycles. The monoisotopic (exact) mass is 319 g/mol. The Labute approximate surface area is 135 Å². The van der Waals surface area contributed by atoms with Crippen molar-refractivity contribution in [3.05, 3.63) is 52.2 Å². The molecule has 4 nitrogen and oxygen atoms in total. The molecule has 1 heterocycles. The fourth-order valence-electron chi connectivity index (χ4n) is 2.14. The third-order valence-corrected chi connectivity index (χ3v) is 4.19. The van der Waals surface area contributed by atoms with Crippen LogP contribution in [0.25, 0.3) is 0 Å². The van der Waals surface area contributed by atoms with Gasteiger partial charge in [0, 0.05) is 20.1 Å². The molecule has 0 saturated carbocycles. The average Bonchev–Trinajstić information content (AvgIpc) is 3.08. The summed E-state index contributed by atoms with van der Waals surface area (Å²) >= 11 is 1.63. The summed E-state index contributed by atoms with van der Waals surface area (Å²) in [6.07, 6.45) is 1.09. The van der Waals surface area contributed by atoms with Crippen molar-refractivity contribution < 1.29 is 14.3 Å². The lowest BCUT2D eigenvalue weighted by Gasteiger charge is -2.15. The first-order valence-electron chi connectivity index (χ1n) is 7.17. The van der Waals surface area contributed by atoms with Crippen LogP contribution in [0.15, 0.2) is 41.1 Å². The number of ether oxygens (including phenoxy) is 2. The second kappa shape index (κ2) is 8.56. The SMILES string of the molecule is COc1ccc(CCC(=O)NC[C@H](OC)c2ccsc2)cc1. The van der Waals surface area contributed by atoms with Crippen LogP contribution < -0.4 is 10.1 Å². The molecular weight excluding hydrogens is 298 g/mol. The number of methoxy groups -OCH3 is 2. The number of carbonyl (C=O) groups excluding carboxylic acids is 1. The zero-order chi connectivity index (χ0) is 15.8. The lowest BCUT2D eigenvalue weighted by atomic mass is 10.1. The van der Waals surface area contributed by atoms with Crippen LogP contribution in [0.2, 0.25) is 0 Å².